The zero-order chi connectivity index (χ0) is 19.5. The van der Waals surface area contributed by atoms with E-state index >= 15 is 0 Å². The number of hydrogen-bond donors (Lipinski definition) is 3. The van der Waals surface area contributed by atoms with Gasteiger partial charge in [0.15, 0.2) is 5.96 Å². The van der Waals surface area contributed by atoms with E-state index < -0.39 is 11.8 Å². The second kappa shape index (κ2) is 13.1. The van der Waals surface area contributed by atoms with Gasteiger partial charge >= 0.3 is 0 Å². The van der Waals surface area contributed by atoms with Crippen molar-refractivity contribution in [1.82, 2.24) is 10.6 Å². The first-order valence-corrected chi connectivity index (χ1v) is 9.18. The quantitative estimate of drug-likeness (QED) is 0.283. The fraction of sp³-hybridized carbons (Fsp3) is 0.333. The summed E-state index contributed by atoms with van der Waals surface area (Å²) < 4.78 is 13.0. The number of nitrogens with two attached hydrogens (primary N) is 1. The van der Waals surface area contributed by atoms with Crippen LogP contribution >= 0.6 is 24.0 Å². The molecule has 0 aromatic heterocycles. The van der Waals surface area contributed by atoms with Crippen LogP contribution in [0.25, 0.3) is 0 Å². The summed E-state index contributed by atoms with van der Waals surface area (Å²) in [7, 11) is 0. The summed E-state index contributed by atoms with van der Waals surface area (Å²) in [4.78, 5) is 16.3. The Labute approximate surface area is 183 Å². The molecule has 0 spiro atoms. The molecule has 1 amide bonds. The molecule has 2 aromatic rings. The Morgan fingerprint density at radius 1 is 1.07 bits per heavy atom. The number of guanidine groups is 1. The van der Waals surface area contributed by atoms with Crippen molar-refractivity contribution in [3.05, 3.63) is 71.5 Å². The van der Waals surface area contributed by atoms with E-state index in [0.29, 0.717) is 12.4 Å². The van der Waals surface area contributed by atoms with Crippen molar-refractivity contribution in [2.75, 3.05) is 19.6 Å². The molecule has 0 aliphatic heterocycles. The van der Waals surface area contributed by atoms with Gasteiger partial charge in [-0.15, -0.1) is 24.0 Å². The number of halogens is 2. The SMILES string of the molecule is CCNC(=NCC(Cc1ccc(F)cc1)C(N)=O)NCCc1ccccc1.I. The topological polar surface area (TPSA) is 79.5 Å². The van der Waals surface area contributed by atoms with Crippen molar-refractivity contribution in [2.45, 2.75) is 19.8 Å². The van der Waals surface area contributed by atoms with Crippen LogP contribution < -0.4 is 16.4 Å². The van der Waals surface area contributed by atoms with E-state index in [1.165, 1.54) is 17.7 Å². The van der Waals surface area contributed by atoms with Gasteiger partial charge in [0.1, 0.15) is 5.82 Å². The number of aliphatic imine (C=N–C) groups is 1. The van der Waals surface area contributed by atoms with Crippen LogP contribution in [0.15, 0.2) is 59.6 Å². The number of carbonyl (C=O) groups excluding carboxylic acids is 1. The maximum atomic E-state index is 13.0. The molecule has 0 saturated carbocycles. The minimum atomic E-state index is -0.444. The van der Waals surface area contributed by atoms with E-state index in [9.17, 15) is 9.18 Å². The zero-order valence-electron chi connectivity index (χ0n) is 16.0. The number of carbonyl (C=O) groups is 1. The average Bonchev–Trinajstić information content (AvgIpc) is 2.67. The predicted molar refractivity (Wildman–Crippen MR) is 122 cm³/mol. The molecule has 0 aliphatic carbocycles. The summed E-state index contributed by atoms with van der Waals surface area (Å²) in [5.74, 6) is -0.508. The third-order valence-corrected chi connectivity index (χ3v) is 4.16. The molecule has 5 nitrogen and oxygen atoms in total. The number of primary amides is 1. The van der Waals surface area contributed by atoms with E-state index in [1.54, 1.807) is 12.1 Å². The Balaban J connectivity index is 0.00000392. The van der Waals surface area contributed by atoms with Crippen LogP contribution in [0.1, 0.15) is 18.1 Å². The standard InChI is InChI=1S/C21H27FN4O.HI/c1-2-24-21(25-13-12-16-6-4-3-5-7-16)26-15-18(20(23)27)14-17-8-10-19(22)11-9-17;/h3-11,18H,2,12-15H2,1H3,(H2,23,27)(H2,24,25,26);1H. The number of benzene rings is 2. The molecule has 0 saturated heterocycles. The Morgan fingerprint density at radius 2 is 1.75 bits per heavy atom. The summed E-state index contributed by atoms with van der Waals surface area (Å²) in [6, 6.07) is 16.3. The summed E-state index contributed by atoms with van der Waals surface area (Å²) in [5.41, 5.74) is 7.63. The molecule has 0 fully saturated rings. The molecule has 0 heterocycles. The minimum Gasteiger partial charge on any atom is -0.369 e. The van der Waals surface area contributed by atoms with Gasteiger partial charge in [0, 0.05) is 13.1 Å². The highest BCUT2D eigenvalue weighted by molar-refractivity contribution is 14.0. The first-order valence-electron chi connectivity index (χ1n) is 9.18. The van der Waals surface area contributed by atoms with E-state index in [2.05, 4.69) is 27.8 Å². The lowest BCUT2D eigenvalue weighted by molar-refractivity contribution is -0.121. The van der Waals surface area contributed by atoms with Gasteiger partial charge in [0.2, 0.25) is 5.91 Å². The number of nitrogens with one attached hydrogen (secondary N) is 2. The summed E-state index contributed by atoms with van der Waals surface area (Å²) in [6.45, 7) is 3.71. The molecule has 0 bridgehead atoms. The van der Waals surface area contributed by atoms with Crippen LogP contribution in [0.4, 0.5) is 4.39 Å². The molecule has 2 aromatic carbocycles. The number of rotatable bonds is 9. The molecule has 4 N–H and O–H groups in total. The molecular weight excluding hydrogens is 470 g/mol. The Kier molecular flexibility index (Phi) is 11.2. The molecule has 7 heteroatoms. The van der Waals surface area contributed by atoms with Gasteiger partial charge in [-0.1, -0.05) is 42.5 Å². The lowest BCUT2D eigenvalue weighted by Gasteiger charge is -2.14. The van der Waals surface area contributed by atoms with Crippen LogP contribution in [0, 0.1) is 11.7 Å². The number of hydrogen-bond acceptors (Lipinski definition) is 2. The van der Waals surface area contributed by atoms with Gasteiger partial charge in [-0.05, 0) is 43.0 Å². The van der Waals surface area contributed by atoms with Crippen molar-refractivity contribution in [2.24, 2.45) is 16.6 Å². The molecular formula is C21H28FIN4O. The average molecular weight is 498 g/mol. The Bertz CT molecular complexity index is 738. The fourth-order valence-electron chi connectivity index (χ4n) is 2.67. The van der Waals surface area contributed by atoms with E-state index in [0.717, 1.165) is 25.1 Å². The van der Waals surface area contributed by atoms with Crippen molar-refractivity contribution in [1.29, 1.82) is 0 Å². The van der Waals surface area contributed by atoms with Gasteiger partial charge < -0.3 is 16.4 Å². The maximum Gasteiger partial charge on any atom is 0.222 e. The lowest BCUT2D eigenvalue weighted by atomic mass is 9.99. The van der Waals surface area contributed by atoms with Crippen molar-refractivity contribution >= 4 is 35.8 Å². The summed E-state index contributed by atoms with van der Waals surface area (Å²) in [6.07, 6.45) is 1.31. The second-order valence-corrected chi connectivity index (χ2v) is 6.31. The first-order chi connectivity index (χ1) is 13.1. The molecule has 0 radical (unpaired) electrons. The predicted octanol–water partition coefficient (Wildman–Crippen LogP) is 2.89. The number of amides is 1. The highest BCUT2D eigenvalue weighted by atomic mass is 127. The van der Waals surface area contributed by atoms with Gasteiger partial charge in [-0.25, -0.2) is 4.39 Å². The minimum absolute atomic E-state index is 0. The van der Waals surface area contributed by atoms with E-state index in [-0.39, 0.29) is 36.3 Å². The van der Waals surface area contributed by atoms with Gasteiger partial charge in [0.05, 0.1) is 12.5 Å². The normalized spacial score (nSPS) is 12.0. The second-order valence-electron chi connectivity index (χ2n) is 6.31. The highest BCUT2D eigenvalue weighted by Gasteiger charge is 2.16. The smallest absolute Gasteiger partial charge is 0.222 e. The molecule has 28 heavy (non-hydrogen) atoms. The van der Waals surface area contributed by atoms with E-state index in [1.807, 2.05) is 25.1 Å². The summed E-state index contributed by atoms with van der Waals surface area (Å²) in [5, 5.41) is 6.44. The molecule has 2 rings (SSSR count). The highest BCUT2D eigenvalue weighted by Crippen LogP contribution is 2.10. The van der Waals surface area contributed by atoms with Crippen LogP contribution in [-0.4, -0.2) is 31.5 Å². The van der Waals surface area contributed by atoms with Crippen LogP contribution in [-0.2, 0) is 17.6 Å². The van der Waals surface area contributed by atoms with Gasteiger partial charge in [-0.2, -0.15) is 0 Å². The van der Waals surface area contributed by atoms with Crippen molar-refractivity contribution in [3.63, 3.8) is 0 Å². The lowest BCUT2D eigenvalue weighted by Crippen LogP contribution is -2.39. The molecule has 0 aliphatic rings. The largest absolute Gasteiger partial charge is 0.369 e. The molecule has 1 atom stereocenters. The van der Waals surface area contributed by atoms with Crippen molar-refractivity contribution in [3.8, 4) is 0 Å². The Hall–Kier alpha value is -2.16. The van der Waals surface area contributed by atoms with E-state index in [4.69, 9.17) is 5.73 Å². The Morgan fingerprint density at radius 3 is 2.36 bits per heavy atom. The van der Waals surface area contributed by atoms with Crippen molar-refractivity contribution < 1.29 is 9.18 Å². The first kappa shape index (κ1) is 23.9. The van der Waals surface area contributed by atoms with Gasteiger partial charge in [0.25, 0.3) is 0 Å². The van der Waals surface area contributed by atoms with Crippen LogP contribution in [0.3, 0.4) is 0 Å². The monoisotopic (exact) mass is 498 g/mol. The van der Waals surface area contributed by atoms with Crippen LogP contribution in [0.5, 0.6) is 0 Å². The maximum absolute atomic E-state index is 13.0. The summed E-state index contributed by atoms with van der Waals surface area (Å²) >= 11 is 0. The molecule has 152 valence electrons. The number of nitrogens with zero attached hydrogens (tertiary/aromatic N) is 1. The zero-order valence-corrected chi connectivity index (χ0v) is 18.4. The third-order valence-electron chi connectivity index (χ3n) is 4.16. The third kappa shape index (κ3) is 8.69. The van der Waals surface area contributed by atoms with Crippen LogP contribution in [0.2, 0.25) is 0 Å². The molecule has 1 unspecified atom stereocenters. The van der Waals surface area contributed by atoms with Gasteiger partial charge in [-0.3, -0.25) is 9.79 Å². The fourth-order valence-corrected chi connectivity index (χ4v) is 2.67.